The molecule has 1 fully saturated rings. The Bertz CT molecular complexity index is 217. The van der Waals surface area contributed by atoms with Crippen molar-refractivity contribution in [2.75, 3.05) is 5.75 Å². The highest BCUT2D eigenvalue weighted by molar-refractivity contribution is 8.00. The summed E-state index contributed by atoms with van der Waals surface area (Å²) in [5, 5.41) is 7.36. The summed E-state index contributed by atoms with van der Waals surface area (Å²) in [7, 11) is 0. The molecule has 0 saturated carbocycles. The van der Waals surface area contributed by atoms with Crippen LogP contribution in [0.3, 0.4) is 0 Å². The van der Waals surface area contributed by atoms with Crippen LogP contribution in [0, 0.1) is 0 Å². The fourth-order valence-corrected chi connectivity index (χ4v) is 2.07. The number of rotatable bonds is 0. The molecule has 0 radical (unpaired) electrons. The van der Waals surface area contributed by atoms with Crippen molar-refractivity contribution in [3.63, 3.8) is 0 Å². The van der Waals surface area contributed by atoms with E-state index < -0.39 is 0 Å². The number of thioether (sulfide) groups is 1. The van der Waals surface area contributed by atoms with Gasteiger partial charge in [0.1, 0.15) is 0 Å². The van der Waals surface area contributed by atoms with Gasteiger partial charge in [-0.1, -0.05) is 6.08 Å². The summed E-state index contributed by atoms with van der Waals surface area (Å²) in [4.78, 5) is 20.9. The standard InChI is InChI=1S/C6H7NOS.CH2O2/c8-5-4-6-7(5)2-1-3-9-6;2-1-3/h1-2,6H,3-4H2;1H,(H,2,3). The fraction of sp³-hybridized carbons (Fsp3) is 0.429. The van der Waals surface area contributed by atoms with E-state index in [4.69, 9.17) is 9.90 Å². The van der Waals surface area contributed by atoms with Gasteiger partial charge in [0.15, 0.2) is 0 Å². The molecule has 0 aromatic rings. The normalized spacial score (nSPS) is 24.8. The molecule has 66 valence electrons. The molecule has 12 heavy (non-hydrogen) atoms. The minimum absolute atomic E-state index is 0.250. The largest absolute Gasteiger partial charge is 0.483 e. The van der Waals surface area contributed by atoms with E-state index in [1.54, 1.807) is 4.90 Å². The zero-order valence-electron chi connectivity index (χ0n) is 6.34. The van der Waals surface area contributed by atoms with Gasteiger partial charge in [-0.05, 0) is 0 Å². The molecule has 1 saturated heterocycles. The minimum atomic E-state index is -0.250. The van der Waals surface area contributed by atoms with Gasteiger partial charge < -0.3 is 10.0 Å². The summed E-state index contributed by atoms with van der Waals surface area (Å²) in [5.74, 6) is 1.33. The fourth-order valence-electron chi connectivity index (χ4n) is 1.04. The van der Waals surface area contributed by atoms with Crippen LogP contribution in [0.1, 0.15) is 6.42 Å². The Kier molecular flexibility index (Phi) is 3.16. The van der Waals surface area contributed by atoms with Crippen molar-refractivity contribution in [1.82, 2.24) is 4.90 Å². The molecule has 2 aliphatic rings. The van der Waals surface area contributed by atoms with Crippen molar-refractivity contribution in [2.24, 2.45) is 0 Å². The van der Waals surface area contributed by atoms with Crippen molar-refractivity contribution in [3.05, 3.63) is 12.3 Å². The van der Waals surface area contributed by atoms with Crippen molar-refractivity contribution < 1.29 is 14.7 Å². The molecule has 5 heteroatoms. The van der Waals surface area contributed by atoms with E-state index in [2.05, 4.69) is 0 Å². The molecule has 1 N–H and O–H groups in total. The third-order valence-corrected chi connectivity index (χ3v) is 2.76. The third-order valence-electron chi connectivity index (χ3n) is 1.60. The Balaban J connectivity index is 0.000000213. The lowest BCUT2D eigenvalue weighted by Crippen LogP contribution is -2.48. The lowest BCUT2D eigenvalue weighted by molar-refractivity contribution is -0.137. The lowest BCUT2D eigenvalue weighted by atomic mass is 10.2. The van der Waals surface area contributed by atoms with Crippen LogP contribution in [0.5, 0.6) is 0 Å². The van der Waals surface area contributed by atoms with E-state index in [-0.39, 0.29) is 12.4 Å². The van der Waals surface area contributed by atoms with Crippen LogP contribution in [0.15, 0.2) is 12.3 Å². The maximum absolute atomic E-state index is 10.7. The number of hydrogen-bond acceptors (Lipinski definition) is 3. The van der Waals surface area contributed by atoms with Gasteiger partial charge in [0.05, 0.1) is 11.8 Å². The molecule has 0 bridgehead atoms. The maximum atomic E-state index is 10.7. The average molecular weight is 187 g/mol. The molecule has 1 atom stereocenters. The first-order valence-electron chi connectivity index (χ1n) is 3.47. The predicted molar refractivity (Wildman–Crippen MR) is 45.5 cm³/mol. The number of carbonyl (C=O) groups excluding carboxylic acids is 1. The van der Waals surface area contributed by atoms with Crippen LogP contribution >= 0.6 is 11.8 Å². The first kappa shape index (κ1) is 9.12. The van der Waals surface area contributed by atoms with E-state index >= 15 is 0 Å². The summed E-state index contributed by atoms with van der Waals surface area (Å²) in [5.41, 5.74) is 0. The van der Waals surface area contributed by atoms with Gasteiger partial charge in [0.2, 0.25) is 5.91 Å². The van der Waals surface area contributed by atoms with Crippen molar-refractivity contribution >= 4 is 24.1 Å². The molecule has 2 heterocycles. The van der Waals surface area contributed by atoms with E-state index in [0.29, 0.717) is 5.37 Å². The molecular weight excluding hydrogens is 178 g/mol. The molecule has 1 amide bonds. The highest BCUT2D eigenvalue weighted by Gasteiger charge is 2.35. The van der Waals surface area contributed by atoms with Crippen LogP contribution in [-0.2, 0) is 9.59 Å². The lowest BCUT2D eigenvalue weighted by Gasteiger charge is -2.39. The predicted octanol–water partition coefficient (Wildman–Crippen LogP) is 0.506. The SMILES string of the molecule is O=C1CC2SCC=CN12.O=CO. The number of fused-ring (bicyclic) bond motifs is 1. The molecule has 0 aromatic heterocycles. The second-order valence-corrected chi connectivity index (χ2v) is 3.49. The summed E-state index contributed by atoms with van der Waals surface area (Å²) in [6.07, 6.45) is 4.67. The van der Waals surface area contributed by atoms with Crippen LogP contribution in [0.25, 0.3) is 0 Å². The van der Waals surface area contributed by atoms with Gasteiger partial charge >= 0.3 is 0 Å². The summed E-state index contributed by atoms with van der Waals surface area (Å²) < 4.78 is 0. The molecule has 2 rings (SSSR count). The Hall–Kier alpha value is -0.970. The van der Waals surface area contributed by atoms with Crippen molar-refractivity contribution in [1.29, 1.82) is 0 Å². The summed E-state index contributed by atoms with van der Waals surface area (Å²) in [6, 6.07) is 0. The van der Waals surface area contributed by atoms with Crippen molar-refractivity contribution in [2.45, 2.75) is 11.8 Å². The molecule has 0 aliphatic carbocycles. The molecule has 1 unspecified atom stereocenters. The van der Waals surface area contributed by atoms with Gasteiger partial charge in [-0.2, -0.15) is 0 Å². The van der Waals surface area contributed by atoms with Gasteiger partial charge in [0, 0.05) is 12.0 Å². The van der Waals surface area contributed by atoms with Gasteiger partial charge in [0.25, 0.3) is 6.47 Å². The molecular formula is C7H9NO3S. The zero-order valence-corrected chi connectivity index (χ0v) is 7.16. The number of hydrogen-bond donors (Lipinski definition) is 1. The topological polar surface area (TPSA) is 57.6 Å². The Morgan fingerprint density at radius 3 is 2.83 bits per heavy atom. The Morgan fingerprint density at radius 2 is 2.42 bits per heavy atom. The number of nitrogens with zero attached hydrogens (tertiary/aromatic N) is 1. The molecule has 2 aliphatic heterocycles. The number of β-lactam (4-membered cyclic amide) rings is 1. The van der Waals surface area contributed by atoms with Gasteiger partial charge in [-0.3, -0.25) is 9.59 Å². The van der Waals surface area contributed by atoms with Crippen LogP contribution < -0.4 is 0 Å². The molecule has 0 aromatic carbocycles. The first-order valence-corrected chi connectivity index (χ1v) is 4.51. The van der Waals surface area contributed by atoms with E-state index in [1.807, 2.05) is 24.0 Å². The monoisotopic (exact) mass is 187 g/mol. The quantitative estimate of drug-likeness (QED) is 0.443. The van der Waals surface area contributed by atoms with E-state index in [1.165, 1.54) is 0 Å². The highest BCUT2D eigenvalue weighted by Crippen LogP contribution is 2.32. The van der Waals surface area contributed by atoms with E-state index in [0.717, 1.165) is 12.2 Å². The maximum Gasteiger partial charge on any atom is 0.290 e. The number of carbonyl (C=O) groups is 2. The second kappa shape index (κ2) is 4.15. The van der Waals surface area contributed by atoms with Crippen LogP contribution in [-0.4, -0.2) is 33.5 Å². The molecule has 4 nitrogen and oxygen atoms in total. The average Bonchev–Trinajstić information content (AvgIpc) is 2.04. The minimum Gasteiger partial charge on any atom is -0.483 e. The Labute approximate surface area is 74.2 Å². The smallest absolute Gasteiger partial charge is 0.290 e. The Morgan fingerprint density at radius 1 is 1.75 bits per heavy atom. The van der Waals surface area contributed by atoms with Gasteiger partial charge in [-0.25, -0.2) is 0 Å². The third kappa shape index (κ3) is 1.79. The second-order valence-electron chi connectivity index (χ2n) is 2.28. The summed E-state index contributed by atoms with van der Waals surface area (Å²) in [6.45, 7) is -0.250. The molecule has 0 spiro atoms. The van der Waals surface area contributed by atoms with Crippen LogP contribution in [0.2, 0.25) is 0 Å². The number of amides is 1. The first-order chi connectivity index (χ1) is 5.79. The summed E-state index contributed by atoms with van der Waals surface area (Å²) >= 11 is 1.84. The van der Waals surface area contributed by atoms with Crippen molar-refractivity contribution in [3.8, 4) is 0 Å². The van der Waals surface area contributed by atoms with Crippen LogP contribution in [0.4, 0.5) is 0 Å². The zero-order chi connectivity index (χ0) is 8.97. The highest BCUT2D eigenvalue weighted by atomic mass is 32.2. The van der Waals surface area contributed by atoms with Gasteiger partial charge in [-0.15, -0.1) is 11.8 Å². The number of carboxylic acid groups (broad SMARTS) is 1. The van der Waals surface area contributed by atoms with E-state index in [9.17, 15) is 4.79 Å².